The molecule has 0 atom stereocenters. The van der Waals surface area contributed by atoms with Gasteiger partial charge in [-0.1, -0.05) is 6.07 Å². The van der Waals surface area contributed by atoms with Crippen LogP contribution in [-0.2, 0) is 0 Å². The number of nitrogens with zero attached hydrogens (tertiary/aromatic N) is 2. The molecular formula is C15H17N3S. The zero-order chi connectivity index (χ0) is 13.5. The number of hydrogen-bond donors (Lipinski definition) is 1. The van der Waals surface area contributed by atoms with Gasteiger partial charge in [-0.2, -0.15) is 11.3 Å². The van der Waals surface area contributed by atoms with Gasteiger partial charge in [-0.3, -0.25) is 4.40 Å². The Morgan fingerprint density at radius 2 is 2.05 bits per heavy atom. The first-order valence-corrected chi connectivity index (χ1v) is 7.27. The van der Waals surface area contributed by atoms with Crippen LogP contribution in [0.25, 0.3) is 16.9 Å². The van der Waals surface area contributed by atoms with Gasteiger partial charge in [0.25, 0.3) is 0 Å². The van der Waals surface area contributed by atoms with Gasteiger partial charge in [-0.15, -0.1) is 0 Å². The Labute approximate surface area is 116 Å². The molecule has 4 heteroatoms. The van der Waals surface area contributed by atoms with E-state index in [4.69, 9.17) is 4.98 Å². The fraction of sp³-hybridized carbons (Fsp3) is 0.267. The highest BCUT2D eigenvalue weighted by Crippen LogP contribution is 2.31. The monoisotopic (exact) mass is 271 g/mol. The smallest absolute Gasteiger partial charge is 0.139 e. The first-order valence-electron chi connectivity index (χ1n) is 6.32. The molecule has 0 saturated carbocycles. The number of hydrogen-bond acceptors (Lipinski definition) is 3. The molecule has 3 aromatic heterocycles. The van der Waals surface area contributed by atoms with Crippen molar-refractivity contribution in [3.8, 4) is 11.3 Å². The maximum atomic E-state index is 4.75. The Bertz CT molecular complexity index is 690. The lowest BCUT2D eigenvalue weighted by Crippen LogP contribution is -2.27. The molecule has 0 unspecified atom stereocenters. The molecule has 0 aliphatic carbocycles. The summed E-state index contributed by atoms with van der Waals surface area (Å²) in [7, 11) is 0. The molecule has 3 aromatic rings. The molecule has 0 aromatic carbocycles. The summed E-state index contributed by atoms with van der Waals surface area (Å²) in [4.78, 5) is 4.75. The minimum atomic E-state index is -0.00340. The third kappa shape index (κ3) is 2.36. The molecule has 19 heavy (non-hydrogen) atoms. The Balaban J connectivity index is 2.23. The van der Waals surface area contributed by atoms with E-state index in [2.05, 4.69) is 47.3 Å². The zero-order valence-corrected chi connectivity index (χ0v) is 12.2. The van der Waals surface area contributed by atoms with Gasteiger partial charge in [0.1, 0.15) is 17.2 Å². The second-order valence-electron chi connectivity index (χ2n) is 5.62. The SMILES string of the molecule is CC(C)(C)Nc1c(-c2ccsc2)nc2ccccn12. The van der Waals surface area contributed by atoms with Crippen molar-refractivity contribution in [3.63, 3.8) is 0 Å². The van der Waals surface area contributed by atoms with Crippen molar-refractivity contribution < 1.29 is 0 Å². The predicted molar refractivity (Wildman–Crippen MR) is 81.9 cm³/mol. The van der Waals surface area contributed by atoms with E-state index in [1.54, 1.807) is 11.3 Å². The van der Waals surface area contributed by atoms with E-state index >= 15 is 0 Å². The summed E-state index contributed by atoms with van der Waals surface area (Å²) in [5.41, 5.74) is 3.15. The fourth-order valence-corrected chi connectivity index (χ4v) is 2.71. The molecule has 3 rings (SSSR count). The number of fused-ring (bicyclic) bond motifs is 1. The van der Waals surface area contributed by atoms with Crippen LogP contribution in [0.5, 0.6) is 0 Å². The third-order valence-corrected chi connectivity index (χ3v) is 3.50. The van der Waals surface area contributed by atoms with Gasteiger partial charge in [0.2, 0.25) is 0 Å². The number of anilines is 1. The van der Waals surface area contributed by atoms with Crippen LogP contribution in [0.4, 0.5) is 5.82 Å². The van der Waals surface area contributed by atoms with Gasteiger partial charge in [0.05, 0.1) is 0 Å². The quantitative estimate of drug-likeness (QED) is 0.754. The molecule has 0 bridgehead atoms. The van der Waals surface area contributed by atoms with Gasteiger partial charge in [0.15, 0.2) is 0 Å². The molecule has 0 amide bonds. The zero-order valence-electron chi connectivity index (χ0n) is 11.3. The molecule has 0 aliphatic rings. The van der Waals surface area contributed by atoms with E-state index in [0.29, 0.717) is 0 Å². The number of aromatic nitrogens is 2. The highest BCUT2D eigenvalue weighted by atomic mass is 32.1. The highest BCUT2D eigenvalue weighted by molar-refractivity contribution is 7.08. The van der Waals surface area contributed by atoms with Crippen LogP contribution >= 0.6 is 11.3 Å². The summed E-state index contributed by atoms with van der Waals surface area (Å²) in [6.07, 6.45) is 2.05. The number of thiophene rings is 1. The van der Waals surface area contributed by atoms with Crippen molar-refractivity contribution in [2.75, 3.05) is 5.32 Å². The molecule has 0 aliphatic heterocycles. The van der Waals surface area contributed by atoms with Crippen LogP contribution in [0, 0.1) is 0 Å². The van der Waals surface area contributed by atoms with Gasteiger partial charge < -0.3 is 5.32 Å². The molecule has 98 valence electrons. The lowest BCUT2D eigenvalue weighted by atomic mass is 10.1. The Morgan fingerprint density at radius 1 is 1.21 bits per heavy atom. The Hall–Kier alpha value is -1.81. The highest BCUT2D eigenvalue weighted by Gasteiger charge is 2.18. The maximum absolute atomic E-state index is 4.75. The average Bonchev–Trinajstić information content (AvgIpc) is 2.95. The number of imidazole rings is 1. The summed E-state index contributed by atoms with van der Waals surface area (Å²) in [5, 5.41) is 7.78. The van der Waals surface area contributed by atoms with E-state index in [0.717, 1.165) is 17.2 Å². The lowest BCUT2D eigenvalue weighted by Gasteiger charge is -2.22. The molecule has 0 saturated heterocycles. The number of pyridine rings is 1. The van der Waals surface area contributed by atoms with E-state index < -0.39 is 0 Å². The Kier molecular flexibility index (Phi) is 2.82. The summed E-state index contributed by atoms with van der Waals surface area (Å²) in [5.74, 6) is 1.06. The van der Waals surface area contributed by atoms with Gasteiger partial charge in [-0.05, 0) is 44.4 Å². The molecule has 0 spiro atoms. The average molecular weight is 271 g/mol. The van der Waals surface area contributed by atoms with E-state index in [9.17, 15) is 0 Å². The molecule has 0 fully saturated rings. The van der Waals surface area contributed by atoms with Crippen molar-refractivity contribution in [3.05, 3.63) is 41.2 Å². The minimum Gasteiger partial charge on any atom is -0.365 e. The van der Waals surface area contributed by atoms with Crippen molar-refractivity contribution in [2.24, 2.45) is 0 Å². The molecule has 3 nitrogen and oxygen atoms in total. The van der Waals surface area contributed by atoms with Crippen molar-refractivity contribution in [1.29, 1.82) is 0 Å². The van der Waals surface area contributed by atoms with Crippen LogP contribution in [0.15, 0.2) is 41.2 Å². The van der Waals surface area contributed by atoms with Crippen molar-refractivity contribution in [1.82, 2.24) is 9.38 Å². The van der Waals surface area contributed by atoms with Crippen LogP contribution in [0.3, 0.4) is 0 Å². The second kappa shape index (κ2) is 4.38. The van der Waals surface area contributed by atoms with E-state index in [1.807, 2.05) is 24.4 Å². The van der Waals surface area contributed by atoms with Gasteiger partial charge in [-0.25, -0.2) is 4.98 Å². The van der Waals surface area contributed by atoms with E-state index in [-0.39, 0.29) is 5.54 Å². The Morgan fingerprint density at radius 3 is 2.74 bits per heavy atom. The molecule has 1 N–H and O–H groups in total. The maximum Gasteiger partial charge on any atom is 0.139 e. The summed E-state index contributed by atoms with van der Waals surface area (Å²) in [6.45, 7) is 6.48. The number of rotatable bonds is 2. The van der Waals surface area contributed by atoms with Gasteiger partial charge in [0, 0.05) is 22.7 Å². The number of nitrogens with one attached hydrogen (secondary N) is 1. The van der Waals surface area contributed by atoms with Crippen molar-refractivity contribution >= 4 is 22.8 Å². The normalized spacial score (nSPS) is 11.9. The molecule has 0 radical (unpaired) electrons. The standard InChI is InChI=1S/C15H17N3S/c1-15(2,3)17-14-13(11-7-9-19-10-11)16-12-6-4-5-8-18(12)14/h4-10,17H,1-3H3. The van der Waals surface area contributed by atoms with Crippen LogP contribution in [-0.4, -0.2) is 14.9 Å². The van der Waals surface area contributed by atoms with Crippen molar-refractivity contribution in [2.45, 2.75) is 26.3 Å². The summed E-state index contributed by atoms with van der Waals surface area (Å²) >= 11 is 1.69. The fourth-order valence-electron chi connectivity index (χ4n) is 2.07. The van der Waals surface area contributed by atoms with Gasteiger partial charge >= 0.3 is 0 Å². The molecular weight excluding hydrogens is 254 g/mol. The third-order valence-electron chi connectivity index (χ3n) is 2.82. The molecule has 3 heterocycles. The predicted octanol–water partition coefficient (Wildman–Crippen LogP) is 4.27. The second-order valence-corrected chi connectivity index (χ2v) is 6.40. The lowest BCUT2D eigenvalue weighted by molar-refractivity contribution is 0.629. The first kappa shape index (κ1) is 12.2. The first-order chi connectivity index (χ1) is 9.04. The van der Waals surface area contributed by atoms with Crippen LogP contribution in [0.1, 0.15) is 20.8 Å². The minimum absolute atomic E-state index is 0.00340. The summed E-state index contributed by atoms with van der Waals surface area (Å²) < 4.78 is 2.11. The topological polar surface area (TPSA) is 29.3 Å². The summed E-state index contributed by atoms with van der Waals surface area (Å²) in [6, 6.07) is 8.19. The largest absolute Gasteiger partial charge is 0.365 e. The van der Waals surface area contributed by atoms with Crippen LogP contribution in [0.2, 0.25) is 0 Å². The van der Waals surface area contributed by atoms with Crippen LogP contribution < -0.4 is 5.32 Å². The van der Waals surface area contributed by atoms with E-state index in [1.165, 1.54) is 5.56 Å².